The van der Waals surface area contributed by atoms with E-state index < -0.39 is 19.9 Å². The molecular weight excluding hydrogens is 376 g/mol. The zero-order chi connectivity index (χ0) is 18.9. The van der Waals surface area contributed by atoms with Crippen molar-refractivity contribution in [2.24, 2.45) is 0 Å². The molecule has 0 radical (unpaired) electrons. The molecule has 0 aromatic heterocycles. The quantitative estimate of drug-likeness (QED) is 0.755. The number of nitrogens with zero attached hydrogens (tertiary/aromatic N) is 2. The molecule has 0 N–H and O–H groups in total. The zero-order valence-electron chi connectivity index (χ0n) is 14.8. The van der Waals surface area contributed by atoms with E-state index in [1.165, 1.54) is 21.3 Å². The average molecular weight is 401 g/mol. The van der Waals surface area contributed by atoms with Crippen LogP contribution in [0.15, 0.2) is 29.2 Å². The van der Waals surface area contributed by atoms with Gasteiger partial charge in [-0.15, -0.1) is 0 Å². The van der Waals surface area contributed by atoms with Crippen LogP contribution < -0.4 is 0 Å². The molecule has 1 aromatic rings. The molecule has 9 heteroatoms. The zero-order valence-corrected chi connectivity index (χ0v) is 16.4. The lowest BCUT2D eigenvalue weighted by atomic mass is 10.1. The van der Waals surface area contributed by atoms with Crippen molar-refractivity contribution in [3.8, 4) is 0 Å². The Hall–Kier alpha value is -1.45. The third kappa shape index (κ3) is 3.94. The molecule has 2 aliphatic heterocycles. The number of hydrogen-bond donors (Lipinski definition) is 0. The van der Waals surface area contributed by atoms with Crippen molar-refractivity contribution in [3.63, 3.8) is 0 Å². The van der Waals surface area contributed by atoms with Gasteiger partial charge >= 0.3 is 0 Å². The molecule has 1 amide bonds. The highest BCUT2D eigenvalue weighted by atomic mass is 32.2. The second-order valence-electron chi connectivity index (χ2n) is 6.97. The topological polar surface area (TPSA) is 91.8 Å². The number of sulfone groups is 1. The van der Waals surface area contributed by atoms with Crippen LogP contribution in [0.5, 0.6) is 0 Å². The molecule has 2 saturated heterocycles. The molecule has 2 fully saturated rings. The molecular formula is C17H24N2O5S2. The Kier molecular flexibility index (Phi) is 5.41. The Morgan fingerprint density at radius 3 is 2.50 bits per heavy atom. The summed E-state index contributed by atoms with van der Waals surface area (Å²) in [5.41, 5.74) is 0.259. The first-order valence-corrected chi connectivity index (χ1v) is 12.0. The summed E-state index contributed by atoms with van der Waals surface area (Å²) in [6, 6.07) is 5.66. The van der Waals surface area contributed by atoms with Crippen molar-refractivity contribution < 1.29 is 21.6 Å². The second-order valence-corrected chi connectivity index (χ2v) is 11.1. The van der Waals surface area contributed by atoms with Crippen LogP contribution in [0.3, 0.4) is 0 Å². The number of carbonyl (C=O) groups is 1. The van der Waals surface area contributed by atoms with Gasteiger partial charge in [-0.05, 0) is 37.5 Å². The van der Waals surface area contributed by atoms with Crippen molar-refractivity contribution >= 4 is 25.8 Å². The van der Waals surface area contributed by atoms with Crippen LogP contribution in [0.1, 0.15) is 36.0 Å². The van der Waals surface area contributed by atoms with Gasteiger partial charge in [-0.3, -0.25) is 4.79 Å². The van der Waals surface area contributed by atoms with Gasteiger partial charge in [0.15, 0.2) is 9.84 Å². The van der Waals surface area contributed by atoms with Gasteiger partial charge in [0, 0.05) is 31.7 Å². The van der Waals surface area contributed by atoms with Gasteiger partial charge in [0.1, 0.15) is 0 Å². The summed E-state index contributed by atoms with van der Waals surface area (Å²) in [6.07, 6.45) is 3.13. The molecule has 2 aliphatic rings. The lowest BCUT2D eigenvalue weighted by Gasteiger charge is -2.26. The van der Waals surface area contributed by atoms with Crippen LogP contribution in [0.2, 0.25) is 0 Å². The number of amides is 1. The highest BCUT2D eigenvalue weighted by molar-refractivity contribution is 7.91. The Balaban J connectivity index is 1.81. The predicted molar refractivity (Wildman–Crippen MR) is 98.2 cm³/mol. The number of benzene rings is 1. The fourth-order valence-corrected chi connectivity index (χ4v) is 6.83. The van der Waals surface area contributed by atoms with Crippen molar-refractivity contribution in [2.75, 3.05) is 31.6 Å². The standard InChI is InChI=1S/C17H24N2O5S2/c1-18(15-8-11-25(21,22)13-15)17(20)14-6-5-7-16(12-14)26(23,24)19-9-3-2-4-10-19/h5-7,12,15H,2-4,8-11,13H2,1H3/t15-/m1/s1. The summed E-state index contributed by atoms with van der Waals surface area (Å²) >= 11 is 0. The molecule has 144 valence electrons. The molecule has 0 bridgehead atoms. The molecule has 0 aliphatic carbocycles. The highest BCUT2D eigenvalue weighted by Gasteiger charge is 2.33. The van der Waals surface area contributed by atoms with Gasteiger partial charge in [-0.1, -0.05) is 12.5 Å². The predicted octanol–water partition coefficient (Wildman–Crippen LogP) is 1.12. The third-order valence-corrected chi connectivity index (χ3v) is 8.76. The Labute approximate surface area is 155 Å². The van der Waals surface area contributed by atoms with Crippen LogP contribution in [0.4, 0.5) is 0 Å². The Bertz CT molecular complexity index is 889. The maximum Gasteiger partial charge on any atom is 0.253 e. The maximum absolute atomic E-state index is 12.8. The van der Waals surface area contributed by atoms with Crippen molar-refractivity contribution in [2.45, 2.75) is 36.6 Å². The van der Waals surface area contributed by atoms with E-state index in [-0.39, 0.29) is 33.9 Å². The van der Waals surface area contributed by atoms with Crippen molar-refractivity contribution in [1.29, 1.82) is 0 Å². The van der Waals surface area contributed by atoms with Gasteiger partial charge < -0.3 is 4.90 Å². The fraction of sp³-hybridized carbons (Fsp3) is 0.588. The molecule has 3 rings (SSSR count). The monoisotopic (exact) mass is 400 g/mol. The molecule has 7 nitrogen and oxygen atoms in total. The lowest BCUT2D eigenvalue weighted by molar-refractivity contribution is 0.0747. The molecule has 1 aromatic carbocycles. The first-order valence-electron chi connectivity index (χ1n) is 8.78. The largest absolute Gasteiger partial charge is 0.338 e. The van der Waals surface area contributed by atoms with E-state index in [0.717, 1.165) is 19.3 Å². The van der Waals surface area contributed by atoms with Crippen LogP contribution in [0.25, 0.3) is 0 Å². The number of rotatable bonds is 4. The number of hydrogen-bond acceptors (Lipinski definition) is 5. The maximum atomic E-state index is 12.8. The van der Waals surface area contributed by atoms with Crippen LogP contribution in [0, 0.1) is 0 Å². The first kappa shape index (κ1) is 19.3. The molecule has 0 unspecified atom stereocenters. The van der Waals surface area contributed by atoms with Gasteiger partial charge in [0.05, 0.1) is 16.4 Å². The van der Waals surface area contributed by atoms with E-state index in [1.807, 2.05) is 0 Å². The summed E-state index contributed by atoms with van der Waals surface area (Å²) in [7, 11) is -5.14. The highest BCUT2D eigenvalue weighted by Crippen LogP contribution is 2.23. The van der Waals surface area contributed by atoms with Crippen LogP contribution in [-0.4, -0.2) is 69.6 Å². The SMILES string of the molecule is CN(C(=O)c1cccc(S(=O)(=O)N2CCCCC2)c1)[C@@H]1CCS(=O)(=O)C1. The van der Waals surface area contributed by atoms with Crippen molar-refractivity contribution in [3.05, 3.63) is 29.8 Å². The molecule has 26 heavy (non-hydrogen) atoms. The molecule has 1 atom stereocenters. The Morgan fingerprint density at radius 2 is 1.88 bits per heavy atom. The third-order valence-electron chi connectivity index (χ3n) is 5.11. The van der Waals surface area contributed by atoms with Crippen LogP contribution >= 0.6 is 0 Å². The van der Waals surface area contributed by atoms with E-state index in [9.17, 15) is 21.6 Å². The minimum absolute atomic E-state index is 0.0407. The molecule has 0 spiro atoms. The van der Waals surface area contributed by atoms with Gasteiger partial charge in [-0.25, -0.2) is 16.8 Å². The summed E-state index contributed by atoms with van der Waals surface area (Å²) in [5, 5.41) is 0. The van der Waals surface area contributed by atoms with Crippen molar-refractivity contribution in [1.82, 2.24) is 9.21 Å². The number of carbonyl (C=O) groups excluding carboxylic acids is 1. The number of sulfonamides is 1. The lowest BCUT2D eigenvalue weighted by Crippen LogP contribution is -2.38. The molecule has 2 heterocycles. The van der Waals surface area contributed by atoms with Gasteiger partial charge in [0.2, 0.25) is 10.0 Å². The van der Waals surface area contributed by atoms with E-state index in [0.29, 0.717) is 19.5 Å². The number of piperidine rings is 1. The first-order chi connectivity index (χ1) is 12.2. The van der Waals surface area contributed by atoms with E-state index in [1.54, 1.807) is 19.2 Å². The minimum Gasteiger partial charge on any atom is -0.338 e. The van der Waals surface area contributed by atoms with E-state index in [4.69, 9.17) is 0 Å². The van der Waals surface area contributed by atoms with Gasteiger partial charge in [0.25, 0.3) is 5.91 Å². The van der Waals surface area contributed by atoms with Crippen LogP contribution in [-0.2, 0) is 19.9 Å². The summed E-state index contributed by atoms with van der Waals surface area (Å²) in [4.78, 5) is 14.2. The van der Waals surface area contributed by atoms with E-state index in [2.05, 4.69) is 0 Å². The van der Waals surface area contributed by atoms with Gasteiger partial charge in [-0.2, -0.15) is 4.31 Å². The summed E-state index contributed by atoms with van der Waals surface area (Å²) in [6.45, 7) is 1.00. The summed E-state index contributed by atoms with van der Waals surface area (Å²) in [5.74, 6) is -0.317. The average Bonchev–Trinajstić information content (AvgIpc) is 3.01. The summed E-state index contributed by atoms with van der Waals surface area (Å²) < 4.78 is 50.3. The fourth-order valence-electron chi connectivity index (χ4n) is 3.49. The Morgan fingerprint density at radius 1 is 1.19 bits per heavy atom. The smallest absolute Gasteiger partial charge is 0.253 e. The normalized spacial score (nSPS) is 23.7. The minimum atomic E-state index is -3.61. The second kappa shape index (κ2) is 7.28. The van der Waals surface area contributed by atoms with E-state index >= 15 is 0 Å². The molecule has 0 saturated carbocycles.